The number of nitrogens with zero attached hydrogens (tertiary/aromatic N) is 7. The number of hydrogen-bond donors (Lipinski definition) is 1. The Labute approximate surface area is 199 Å². The van der Waals surface area contributed by atoms with Crippen LogP contribution in [0.25, 0.3) is 11.5 Å². The maximum atomic E-state index is 13.2. The van der Waals surface area contributed by atoms with E-state index in [2.05, 4.69) is 15.2 Å². The number of H-pyrrole nitrogens is 1. The fourth-order valence-electron chi connectivity index (χ4n) is 4.09. The lowest BCUT2D eigenvalue weighted by atomic mass is 10.2. The largest absolute Gasteiger partial charge is 0.336 e. The molecule has 0 bridgehead atoms. The first-order valence-corrected chi connectivity index (χ1v) is 12.2. The molecule has 0 atom stereocenters. The summed E-state index contributed by atoms with van der Waals surface area (Å²) in [4.78, 5) is 29.7. The van der Waals surface area contributed by atoms with Crippen LogP contribution in [-0.4, -0.2) is 74.1 Å². The summed E-state index contributed by atoms with van der Waals surface area (Å²) >= 11 is 0. The third kappa shape index (κ3) is 3.78. The lowest BCUT2D eigenvalue weighted by Crippen LogP contribution is -2.50. The summed E-state index contributed by atoms with van der Waals surface area (Å²) in [5.74, 6) is -0.130. The van der Waals surface area contributed by atoms with E-state index in [1.165, 1.54) is 31.8 Å². The Morgan fingerprint density at radius 1 is 1.11 bits per heavy atom. The number of carbonyl (C=O) groups excluding carboxylic acids is 1. The number of amides is 1. The molecule has 1 fully saturated rings. The molecule has 0 spiro atoms. The van der Waals surface area contributed by atoms with Crippen molar-refractivity contribution in [2.45, 2.75) is 11.8 Å². The van der Waals surface area contributed by atoms with Crippen LogP contribution >= 0.6 is 0 Å². The molecule has 5 rings (SSSR count). The molecule has 13 heteroatoms. The Balaban J connectivity index is 1.34. The fraction of sp³-hybridized carbons (Fsp3) is 0.227. The number of aromatic amines is 1. The Morgan fingerprint density at radius 3 is 2.60 bits per heavy atom. The van der Waals surface area contributed by atoms with Gasteiger partial charge in [-0.15, -0.1) is 5.10 Å². The van der Waals surface area contributed by atoms with Gasteiger partial charge in [0.1, 0.15) is 11.6 Å². The zero-order chi connectivity index (χ0) is 24.7. The molecule has 35 heavy (non-hydrogen) atoms. The molecule has 12 nitrogen and oxygen atoms in total. The molecule has 1 aliphatic rings. The molecule has 0 saturated carbocycles. The SMILES string of the molecule is Cc1c(C(=O)N2CCN(S(=O)(=O)c3ccccc3C#N)CC2)cnn1-c1nn2cccc2c(=O)[nH]1. The van der Waals surface area contributed by atoms with Crippen molar-refractivity contribution in [3.05, 3.63) is 76.0 Å². The lowest BCUT2D eigenvalue weighted by molar-refractivity contribution is 0.0697. The van der Waals surface area contributed by atoms with Crippen LogP contribution < -0.4 is 5.56 Å². The third-order valence-corrected chi connectivity index (χ3v) is 7.94. The summed E-state index contributed by atoms with van der Waals surface area (Å²) in [5.41, 5.74) is 0.950. The highest BCUT2D eigenvalue weighted by Gasteiger charge is 2.32. The summed E-state index contributed by atoms with van der Waals surface area (Å²) in [5, 5.41) is 17.8. The van der Waals surface area contributed by atoms with Crippen molar-refractivity contribution >= 4 is 21.4 Å². The second-order valence-corrected chi connectivity index (χ2v) is 9.88. The van der Waals surface area contributed by atoms with Crippen molar-refractivity contribution in [2.24, 2.45) is 0 Å². The molecule has 1 aliphatic heterocycles. The normalized spacial score (nSPS) is 14.8. The average Bonchev–Trinajstić information content (AvgIpc) is 3.50. The fourth-order valence-corrected chi connectivity index (χ4v) is 5.65. The van der Waals surface area contributed by atoms with Gasteiger partial charge in [-0.25, -0.2) is 17.6 Å². The maximum Gasteiger partial charge on any atom is 0.276 e. The van der Waals surface area contributed by atoms with Crippen LogP contribution in [0.4, 0.5) is 0 Å². The summed E-state index contributed by atoms with van der Waals surface area (Å²) in [7, 11) is -3.86. The van der Waals surface area contributed by atoms with E-state index in [9.17, 15) is 23.3 Å². The molecule has 1 saturated heterocycles. The van der Waals surface area contributed by atoms with Crippen LogP contribution in [0, 0.1) is 18.3 Å². The van der Waals surface area contributed by atoms with Crippen molar-refractivity contribution in [1.82, 2.24) is 33.6 Å². The zero-order valence-corrected chi connectivity index (χ0v) is 19.4. The van der Waals surface area contributed by atoms with Crippen LogP contribution in [0.3, 0.4) is 0 Å². The first-order chi connectivity index (χ1) is 16.8. The van der Waals surface area contributed by atoms with Crippen molar-refractivity contribution < 1.29 is 13.2 Å². The van der Waals surface area contributed by atoms with Gasteiger partial charge in [-0.3, -0.25) is 14.6 Å². The third-order valence-electron chi connectivity index (χ3n) is 5.98. The molecule has 3 aromatic heterocycles. The number of nitrogens with one attached hydrogen (secondary N) is 1. The summed E-state index contributed by atoms with van der Waals surface area (Å²) in [6, 6.07) is 11.3. The number of benzene rings is 1. The van der Waals surface area contributed by atoms with Crippen LogP contribution in [0.2, 0.25) is 0 Å². The smallest absolute Gasteiger partial charge is 0.276 e. The molecular formula is C22H20N8O4S. The minimum Gasteiger partial charge on any atom is -0.336 e. The van der Waals surface area contributed by atoms with Gasteiger partial charge < -0.3 is 4.90 Å². The Morgan fingerprint density at radius 2 is 1.86 bits per heavy atom. The number of rotatable bonds is 4. The van der Waals surface area contributed by atoms with Crippen LogP contribution in [-0.2, 0) is 10.0 Å². The molecule has 1 aromatic carbocycles. The number of piperazine rings is 1. The van der Waals surface area contributed by atoms with Gasteiger partial charge in [0.15, 0.2) is 0 Å². The minimum absolute atomic E-state index is 0.0412. The van der Waals surface area contributed by atoms with Crippen molar-refractivity contribution in [3.8, 4) is 12.0 Å². The topological polar surface area (TPSA) is 149 Å². The summed E-state index contributed by atoms with van der Waals surface area (Å²) in [6.45, 7) is 2.25. The van der Waals surface area contributed by atoms with E-state index in [1.54, 1.807) is 42.3 Å². The zero-order valence-electron chi connectivity index (χ0n) is 18.6. The van der Waals surface area contributed by atoms with Gasteiger partial charge in [-0.05, 0) is 31.2 Å². The van der Waals surface area contributed by atoms with E-state index in [0.717, 1.165) is 0 Å². The van der Waals surface area contributed by atoms with E-state index in [1.807, 2.05) is 6.07 Å². The Hall–Kier alpha value is -4.28. The maximum absolute atomic E-state index is 13.2. The van der Waals surface area contributed by atoms with Gasteiger partial charge in [0, 0.05) is 32.4 Å². The standard InChI is InChI=1S/C22H20N8O4S/c1-15-17(14-24-30(15)22-25-20(31)18-6-4-8-29(18)26-22)21(32)27-9-11-28(12-10-27)35(33,34)19-7-3-2-5-16(19)13-23/h2-8,14H,9-12H2,1H3,(H,25,26,31). The molecular weight excluding hydrogens is 472 g/mol. The minimum atomic E-state index is -3.86. The van der Waals surface area contributed by atoms with Gasteiger partial charge in [-0.2, -0.15) is 14.7 Å². The highest BCUT2D eigenvalue weighted by Crippen LogP contribution is 2.22. The molecule has 178 valence electrons. The predicted molar refractivity (Wildman–Crippen MR) is 123 cm³/mol. The number of sulfonamides is 1. The van der Waals surface area contributed by atoms with Gasteiger partial charge in [-0.1, -0.05) is 12.1 Å². The molecule has 4 heterocycles. The van der Waals surface area contributed by atoms with Crippen molar-refractivity contribution in [3.63, 3.8) is 0 Å². The Kier molecular flexibility index (Phi) is 5.46. The first-order valence-electron chi connectivity index (χ1n) is 10.7. The second-order valence-electron chi connectivity index (χ2n) is 7.98. The molecule has 4 aromatic rings. The highest BCUT2D eigenvalue weighted by molar-refractivity contribution is 7.89. The van der Waals surface area contributed by atoms with Gasteiger partial charge >= 0.3 is 0 Å². The molecule has 1 N–H and O–H groups in total. The molecule has 0 radical (unpaired) electrons. The van der Waals surface area contributed by atoms with Crippen LogP contribution in [0.5, 0.6) is 0 Å². The van der Waals surface area contributed by atoms with E-state index in [-0.39, 0.29) is 54.1 Å². The Bertz CT molecular complexity index is 1650. The average molecular weight is 493 g/mol. The molecule has 0 unspecified atom stereocenters. The highest BCUT2D eigenvalue weighted by atomic mass is 32.2. The monoisotopic (exact) mass is 492 g/mol. The van der Waals surface area contributed by atoms with Crippen LogP contribution in [0.1, 0.15) is 21.6 Å². The van der Waals surface area contributed by atoms with Gasteiger partial charge in [0.05, 0.1) is 27.9 Å². The van der Waals surface area contributed by atoms with E-state index >= 15 is 0 Å². The number of aromatic nitrogens is 5. The van der Waals surface area contributed by atoms with Gasteiger partial charge in [0.25, 0.3) is 11.5 Å². The van der Waals surface area contributed by atoms with Gasteiger partial charge in [0.2, 0.25) is 16.0 Å². The molecule has 0 aliphatic carbocycles. The van der Waals surface area contributed by atoms with Crippen LogP contribution in [0.15, 0.2) is 58.5 Å². The number of nitriles is 1. The summed E-state index contributed by atoms with van der Waals surface area (Å²) in [6.07, 6.45) is 3.05. The first kappa shape index (κ1) is 22.5. The predicted octanol–water partition coefficient (Wildman–Crippen LogP) is 0.535. The number of carbonyl (C=O) groups is 1. The lowest BCUT2D eigenvalue weighted by Gasteiger charge is -2.34. The van der Waals surface area contributed by atoms with E-state index in [0.29, 0.717) is 16.8 Å². The van der Waals surface area contributed by atoms with E-state index in [4.69, 9.17) is 0 Å². The second kappa shape index (κ2) is 8.49. The van der Waals surface area contributed by atoms with Crippen molar-refractivity contribution in [1.29, 1.82) is 5.26 Å². The van der Waals surface area contributed by atoms with E-state index < -0.39 is 10.0 Å². The van der Waals surface area contributed by atoms with Crippen molar-refractivity contribution in [2.75, 3.05) is 26.2 Å². The summed E-state index contributed by atoms with van der Waals surface area (Å²) < 4.78 is 30.2. The quantitative estimate of drug-likeness (QED) is 0.437. The molecule has 1 amide bonds. The number of fused-ring (bicyclic) bond motifs is 1. The number of hydrogen-bond acceptors (Lipinski definition) is 7.